The van der Waals surface area contributed by atoms with E-state index < -0.39 is 0 Å². The molecular weight excluding hydrogens is 288 g/mol. The molecule has 0 spiro atoms. The van der Waals surface area contributed by atoms with Gasteiger partial charge in [0, 0.05) is 29.9 Å². The van der Waals surface area contributed by atoms with Crippen LogP contribution in [-0.2, 0) is 6.42 Å². The van der Waals surface area contributed by atoms with Crippen LogP contribution in [0.2, 0.25) is 0 Å². The van der Waals surface area contributed by atoms with E-state index in [-0.39, 0.29) is 0 Å². The van der Waals surface area contributed by atoms with Crippen molar-refractivity contribution in [3.63, 3.8) is 0 Å². The van der Waals surface area contributed by atoms with Crippen LogP contribution in [0.5, 0.6) is 5.75 Å². The van der Waals surface area contributed by atoms with Crippen LogP contribution in [0.15, 0.2) is 59.6 Å². The molecule has 118 valence electrons. The van der Waals surface area contributed by atoms with Gasteiger partial charge in [-0.05, 0) is 41.8 Å². The molecule has 0 aliphatic rings. The molecule has 0 saturated heterocycles. The summed E-state index contributed by atoms with van der Waals surface area (Å²) in [6.45, 7) is 0.627. The summed E-state index contributed by atoms with van der Waals surface area (Å²) in [5.41, 5.74) is 9.11. The minimum Gasteiger partial charge on any atom is -0.497 e. The fraction of sp³-hybridized carbons (Fsp3) is 0.167. The fourth-order valence-electron chi connectivity index (χ4n) is 2.43. The second kappa shape index (κ2) is 6.87. The van der Waals surface area contributed by atoms with E-state index in [9.17, 15) is 0 Å². The van der Waals surface area contributed by atoms with Crippen LogP contribution in [-0.4, -0.2) is 24.6 Å². The van der Waals surface area contributed by atoms with Gasteiger partial charge in [0.25, 0.3) is 0 Å². The zero-order valence-corrected chi connectivity index (χ0v) is 13.0. The molecule has 0 amide bonds. The van der Waals surface area contributed by atoms with Gasteiger partial charge in [0.05, 0.1) is 7.11 Å². The molecule has 0 bridgehead atoms. The summed E-state index contributed by atoms with van der Waals surface area (Å²) in [7, 11) is 1.64. The Balaban J connectivity index is 1.56. The number of H-pyrrole nitrogens is 1. The number of para-hydroxylation sites is 1. The lowest BCUT2D eigenvalue weighted by atomic mass is 10.2. The molecule has 0 fully saturated rings. The minimum absolute atomic E-state index is 0.409. The Morgan fingerprint density at radius 3 is 2.70 bits per heavy atom. The maximum absolute atomic E-state index is 5.91. The third-order valence-corrected chi connectivity index (χ3v) is 3.61. The Labute approximate surface area is 135 Å². The molecule has 3 rings (SSSR count). The molecule has 0 saturated carbocycles. The van der Waals surface area contributed by atoms with Gasteiger partial charge < -0.3 is 20.8 Å². The van der Waals surface area contributed by atoms with Gasteiger partial charge in [0.2, 0.25) is 0 Å². The van der Waals surface area contributed by atoms with Crippen molar-refractivity contribution < 1.29 is 4.74 Å². The highest BCUT2D eigenvalue weighted by molar-refractivity contribution is 5.92. The van der Waals surface area contributed by atoms with Gasteiger partial charge in [-0.1, -0.05) is 18.2 Å². The number of anilines is 1. The number of aliphatic imine (C=N–C) groups is 1. The standard InChI is InChI=1S/C18H20N4O/c1-23-16-8-6-14(7-9-16)22-18(19)20-11-10-15-12-13-4-2-3-5-17(13)21-15/h2-9,12,21H,10-11H2,1H3,(H3,19,20,22). The lowest BCUT2D eigenvalue weighted by molar-refractivity contribution is 0.415. The monoisotopic (exact) mass is 308 g/mol. The topological polar surface area (TPSA) is 75.4 Å². The Kier molecular flexibility index (Phi) is 4.47. The quantitative estimate of drug-likeness (QED) is 0.500. The first-order chi connectivity index (χ1) is 11.2. The van der Waals surface area contributed by atoms with E-state index in [1.165, 1.54) is 5.39 Å². The number of benzene rings is 2. The number of methoxy groups -OCH3 is 1. The van der Waals surface area contributed by atoms with Gasteiger partial charge in [-0.25, -0.2) is 0 Å². The largest absolute Gasteiger partial charge is 0.497 e. The Morgan fingerprint density at radius 2 is 1.96 bits per heavy atom. The number of fused-ring (bicyclic) bond motifs is 1. The molecule has 1 aromatic heterocycles. The van der Waals surface area contributed by atoms with Crippen molar-refractivity contribution in [1.82, 2.24) is 4.98 Å². The molecule has 0 aliphatic carbocycles. The Bertz CT molecular complexity index is 772. The number of nitrogens with zero attached hydrogens (tertiary/aromatic N) is 1. The van der Waals surface area contributed by atoms with Crippen molar-refractivity contribution in [3.05, 3.63) is 60.3 Å². The summed E-state index contributed by atoms with van der Waals surface area (Å²) in [4.78, 5) is 7.75. The lowest BCUT2D eigenvalue weighted by Gasteiger charge is -2.06. The second-order valence-electron chi connectivity index (χ2n) is 5.25. The molecule has 3 aromatic rings. The van der Waals surface area contributed by atoms with E-state index in [2.05, 4.69) is 33.5 Å². The molecule has 0 aliphatic heterocycles. The van der Waals surface area contributed by atoms with Crippen LogP contribution >= 0.6 is 0 Å². The van der Waals surface area contributed by atoms with E-state index in [0.717, 1.165) is 29.1 Å². The van der Waals surface area contributed by atoms with Crippen LogP contribution < -0.4 is 15.8 Å². The number of nitrogens with one attached hydrogen (secondary N) is 2. The molecule has 5 heteroatoms. The number of aromatic nitrogens is 1. The molecule has 1 heterocycles. The van der Waals surface area contributed by atoms with E-state index in [4.69, 9.17) is 10.5 Å². The smallest absolute Gasteiger partial charge is 0.193 e. The lowest BCUT2D eigenvalue weighted by Crippen LogP contribution is -2.23. The minimum atomic E-state index is 0.409. The first-order valence-electron chi connectivity index (χ1n) is 7.52. The van der Waals surface area contributed by atoms with Crippen LogP contribution in [0.1, 0.15) is 5.69 Å². The van der Waals surface area contributed by atoms with E-state index in [0.29, 0.717) is 12.5 Å². The van der Waals surface area contributed by atoms with Gasteiger partial charge in [0.1, 0.15) is 5.75 Å². The average molecular weight is 308 g/mol. The highest BCUT2D eigenvalue weighted by atomic mass is 16.5. The first kappa shape index (κ1) is 15.0. The highest BCUT2D eigenvalue weighted by Crippen LogP contribution is 2.16. The zero-order chi connectivity index (χ0) is 16.1. The van der Waals surface area contributed by atoms with Crippen molar-refractivity contribution in [1.29, 1.82) is 0 Å². The van der Waals surface area contributed by atoms with Gasteiger partial charge in [0.15, 0.2) is 5.96 Å². The molecule has 4 N–H and O–H groups in total. The molecule has 0 atom stereocenters. The molecule has 23 heavy (non-hydrogen) atoms. The summed E-state index contributed by atoms with van der Waals surface area (Å²) in [5.74, 6) is 1.22. The average Bonchev–Trinajstić information content (AvgIpc) is 2.98. The molecule has 0 unspecified atom stereocenters. The van der Waals surface area contributed by atoms with Gasteiger partial charge in [-0.15, -0.1) is 0 Å². The number of ether oxygens (including phenoxy) is 1. The summed E-state index contributed by atoms with van der Waals surface area (Å²) in [6, 6.07) is 17.9. The normalized spacial score (nSPS) is 11.6. The summed E-state index contributed by atoms with van der Waals surface area (Å²) < 4.78 is 5.12. The van der Waals surface area contributed by atoms with Gasteiger partial charge in [-0.2, -0.15) is 0 Å². The van der Waals surface area contributed by atoms with Crippen molar-refractivity contribution in [3.8, 4) is 5.75 Å². The van der Waals surface area contributed by atoms with Crippen molar-refractivity contribution in [2.75, 3.05) is 19.0 Å². The number of guanidine groups is 1. The van der Waals surface area contributed by atoms with Crippen molar-refractivity contribution >= 4 is 22.5 Å². The van der Waals surface area contributed by atoms with Crippen LogP contribution in [0, 0.1) is 0 Å². The molecular formula is C18H20N4O. The molecule has 2 aromatic carbocycles. The summed E-state index contributed by atoms with van der Waals surface area (Å²) in [5, 5.41) is 4.29. The Morgan fingerprint density at radius 1 is 1.17 bits per heavy atom. The van der Waals surface area contributed by atoms with Crippen LogP contribution in [0.3, 0.4) is 0 Å². The second-order valence-corrected chi connectivity index (χ2v) is 5.25. The number of aromatic amines is 1. The van der Waals surface area contributed by atoms with Crippen LogP contribution in [0.4, 0.5) is 5.69 Å². The number of rotatable bonds is 5. The van der Waals surface area contributed by atoms with Crippen LogP contribution in [0.25, 0.3) is 10.9 Å². The summed E-state index contributed by atoms with van der Waals surface area (Å²) in [6.07, 6.45) is 0.819. The van der Waals surface area contributed by atoms with E-state index in [1.54, 1.807) is 7.11 Å². The molecule has 5 nitrogen and oxygen atoms in total. The predicted molar refractivity (Wildman–Crippen MR) is 95.1 cm³/mol. The first-order valence-corrected chi connectivity index (χ1v) is 7.52. The third-order valence-electron chi connectivity index (χ3n) is 3.61. The van der Waals surface area contributed by atoms with E-state index >= 15 is 0 Å². The third kappa shape index (κ3) is 3.83. The predicted octanol–water partition coefficient (Wildman–Crippen LogP) is 3.15. The zero-order valence-electron chi connectivity index (χ0n) is 13.0. The number of nitrogens with two attached hydrogens (primary N) is 1. The van der Waals surface area contributed by atoms with Crippen molar-refractivity contribution in [2.45, 2.75) is 6.42 Å². The van der Waals surface area contributed by atoms with Gasteiger partial charge in [-0.3, -0.25) is 4.99 Å². The maximum Gasteiger partial charge on any atom is 0.193 e. The molecule has 0 radical (unpaired) electrons. The SMILES string of the molecule is COc1ccc(NC(N)=NCCc2cc3ccccc3[nH]2)cc1. The van der Waals surface area contributed by atoms with Gasteiger partial charge >= 0.3 is 0 Å². The number of hydrogen-bond acceptors (Lipinski definition) is 2. The van der Waals surface area contributed by atoms with Crippen molar-refractivity contribution in [2.24, 2.45) is 10.7 Å². The summed E-state index contributed by atoms with van der Waals surface area (Å²) >= 11 is 0. The number of hydrogen-bond donors (Lipinski definition) is 3. The highest BCUT2D eigenvalue weighted by Gasteiger charge is 2.00. The fourth-order valence-corrected chi connectivity index (χ4v) is 2.43. The Hall–Kier alpha value is -2.95. The van der Waals surface area contributed by atoms with E-state index in [1.807, 2.05) is 36.4 Å². The maximum atomic E-state index is 5.91.